The van der Waals surface area contributed by atoms with E-state index in [1.165, 1.54) is 4.90 Å². The molecule has 3 rings (SSSR count). The normalized spacial score (nSPS) is 16.4. The first-order valence-corrected chi connectivity index (χ1v) is 10.4. The van der Waals surface area contributed by atoms with Gasteiger partial charge in [0.05, 0.1) is 24.7 Å². The maximum absolute atomic E-state index is 12.8. The zero-order valence-electron chi connectivity index (χ0n) is 17.1. The number of amides is 2. The van der Waals surface area contributed by atoms with Gasteiger partial charge in [0.2, 0.25) is 0 Å². The van der Waals surface area contributed by atoms with Crippen LogP contribution in [-0.2, 0) is 11.3 Å². The van der Waals surface area contributed by atoms with E-state index < -0.39 is 0 Å². The number of methoxy groups -OCH3 is 1. The molecule has 0 radical (unpaired) electrons. The fraction of sp³-hybridized carbons (Fsp3) is 0.304. The van der Waals surface area contributed by atoms with Gasteiger partial charge in [-0.3, -0.25) is 14.5 Å². The summed E-state index contributed by atoms with van der Waals surface area (Å²) in [5, 5.41) is -0.258. The number of aryl methyl sites for hydroxylation is 1. The molecule has 5 nitrogen and oxygen atoms in total. The Morgan fingerprint density at radius 3 is 2.62 bits per heavy atom. The molecule has 0 spiro atoms. The van der Waals surface area contributed by atoms with E-state index in [0.29, 0.717) is 16.4 Å². The van der Waals surface area contributed by atoms with Crippen molar-refractivity contribution in [3.8, 4) is 11.5 Å². The molecule has 1 saturated heterocycles. The van der Waals surface area contributed by atoms with Crippen LogP contribution in [0.3, 0.4) is 0 Å². The van der Waals surface area contributed by atoms with Crippen LogP contribution in [0.15, 0.2) is 47.4 Å². The summed E-state index contributed by atoms with van der Waals surface area (Å²) in [6.07, 6.45) is 2.68. The van der Waals surface area contributed by atoms with Crippen molar-refractivity contribution in [2.45, 2.75) is 39.8 Å². The van der Waals surface area contributed by atoms with Gasteiger partial charge in [0.15, 0.2) is 11.5 Å². The van der Waals surface area contributed by atoms with Crippen LogP contribution >= 0.6 is 11.8 Å². The van der Waals surface area contributed by atoms with Crippen LogP contribution in [0, 0.1) is 6.92 Å². The Kier molecular flexibility index (Phi) is 6.64. The molecule has 2 amide bonds. The third kappa shape index (κ3) is 5.01. The van der Waals surface area contributed by atoms with Crippen molar-refractivity contribution < 1.29 is 19.1 Å². The first kappa shape index (κ1) is 21.0. The van der Waals surface area contributed by atoms with Crippen LogP contribution in [0.1, 0.15) is 37.0 Å². The van der Waals surface area contributed by atoms with Gasteiger partial charge >= 0.3 is 0 Å². The minimum Gasteiger partial charge on any atom is -0.493 e. The Hall–Kier alpha value is -2.73. The largest absolute Gasteiger partial charge is 0.493 e. The van der Waals surface area contributed by atoms with E-state index in [1.54, 1.807) is 13.2 Å². The van der Waals surface area contributed by atoms with Crippen molar-refractivity contribution in [2.24, 2.45) is 0 Å². The molecule has 0 aromatic heterocycles. The quantitative estimate of drug-likeness (QED) is 0.570. The van der Waals surface area contributed by atoms with Crippen LogP contribution in [0.5, 0.6) is 11.5 Å². The summed E-state index contributed by atoms with van der Waals surface area (Å²) >= 11 is 0.958. The number of thioether (sulfide) groups is 1. The molecule has 2 aromatic carbocycles. The van der Waals surface area contributed by atoms with Crippen LogP contribution in [0.2, 0.25) is 0 Å². The lowest BCUT2D eigenvalue weighted by atomic mass is 10.1. The summed E-state index contributed by atoms with van der Waals surface area (Å²) in [7, 11) is 1.58. The van der Waals surface area contributed by atoms with Gasteiger partial charge in [-0.05, 0) is 61.4 Å². The minimum absolute atomic E-state index is 0.0767. The second kappa shape index (κ2) is 9.18. The number of hydrogen-bond acceptors (Lipinski definition) is 5. The van der Waals surface area contributed by atoms with Crippen LogP contribution in [0.25, 0.3) is 6.08 Å². The number of rotatable bonds is 7. The zero-order chi connectivity index (χ0) is 21.0. The molecule has 2 aromatic rings. The first-order chi connectivity index (χ1) is 13.9. The summed E-state index contributed by atoms with van der Waals surface area (Å²) in [5.74, 6) is 0.977. The summed E-state index contributed by atoms with van der Waals surface area (Å²) in [6, 6.07) is 13.3. The average molecular weight is 412 g/mol. The molecule has 29 heavy (non-hydrogen) atoms. The van der Waals surface area contributed by atoms with E-state index >= 15 is 0 Å². The molecule has 1 aliphatic rings. The monoisotopic (exact) mass is 411 g/mol. The van der Waals surface area contributed by atoms with Crippen LogP contribution in [-0.4, -0.2) is 29.3 Å². The van der Waals surface area contributed by atoms with E-state index in [1.807, 2.05) is 56.3 Å². The maximum atomic E-state index is 12.8. The number of benzene rings is 2. The lowest BCUT2D eigenvalue weighted by Crippen LogP contribution is -2.27. The smallest absolute Gasteiger partial charge is 0.293 e. The molecule has 1 atom stereocenters. The van der Waals surface area contributed by atoms with E-state index in [9.17, 15) is 9.59 Å². The lowest BCUT2D eigenvalue weighted by Gasteiger charge is -2.15. The third-order valence-electron chi connectivity index (χ3n) is 4.69. The average Bonchev–Trinajstić information content (AvgIpc) is 2.96. The highest BCUT2D eigenvalue weighted by Crippen LogP contribution is 2.35. The Morgan fingerprint density at radius 1 is 1.14 bits per heavy atom. The van der Waals surface area contributed by atoms with Crippen molar-refractivity contribution in [1.29, 1.82) is 0 Å². The van der Waals surface area contributed by atoms with Gasteiger partial charge in [0.1, 0.15) is 0 Å². The molecule has 152 valence electrons. The highest BCUT2D eigenvalue weighted by Gasteiger charge is 2.35. The highest BCUT2D eigenvalue weighted by atomic mass is 32.2. The highest BCUT2D eigenvalue weighted by molar-refractivity contribution is 8.18. The molecular weight excluding hydrogens is 386 g/mol. The van der Waals surface area contributed by atoms with Gasteiger partial charge in [-0.15, -0.1) is 0 Å². The fourth-order valence-electron chi connectivity index (χ4n) is 2.95. The minimum atomic E-state index is -0.277. The number of carbonyl (C=O) groups is 2. The van der Waals surface area contributed by atoms with Gasteiger partial charge in [-0.2, -0.15) is 0 Å². The number of carbonyl (C=O) groups excluding carboxylic acids is 2. The first-order valence-electron chi connectivity index (χ1n) is 9.57. The van der Waals surface area contributed by atoms with Crippen molar-refractivity contribution in [3.05, 3.63) is 64.1 Å². The van der Waals surface area contributed by atoms with Crippen molar-refractivity contribution in [1.82, 2.24) is 4.90 Å². The fourth-order valence-corrected chi connectivity index (χ4v) is 3.79. The molecule has 0 aliphatic carbocycles. The van der Waals surface area contributed by atoms with Crippen molar-refractivity contribution in [2.75, 3.05) is 7.11 Å². The van der Waals surface area contributed by atoms with E-state index in [4.69, 9.17) is 9.47 Å². The number of nitrogens with zero attached hydrogens (tertiary/aromatic N) is 1. The van der Waals surface area contributed by atoms with E-state index in [0.717, 1.165) is 34.9 Å². The molecule has 0 saturated carbocycles. The standard InChI is InChI=1S/C23H25NO4S/c1-5-16(3)28-19-10-9-17(12-20(19)27-4)13-21-22(25)24(23(26)29-21)14-18-8-6-7-15(2)11-18/h6-13,16H,5,14H2,1-4H3/b21-13-/t16-/m0/s1. The molecule has 0 unspecified atom stereocenters. The topological polar surface area (TPSA) is 55.8 Å². The van der Waals surface area contributed by atoms with Crippen molar-refractivity contribution >= 4 is 29.0 Å². The van der Waals surface area contributed by atoms with Crippen LogP contribution < -0.4 is 9.47 Å². The summed E-state index contributed by atoms with van der Waals surface area (Å²) in [4.78, 5) is 26.8. The predicted molar refractivity (Wildman–Crippen MR) is 116 cm³/mol. The van der Waals surface area contributed by atoms with Gasteiger partial charge in [0, 0.05) is 0 Å². The molecule has 1 aliphatic heterocycles. The molecule has 0 N–H and O–H groups in total. The molecule has 1 heterocycles. The van der Waals surface area contributed by atoms with Crippen LogP contribution in [0.4, 0.5) is 4.79 Å². The second-order valence-corrected chi connectivity index (χ2v) is 8.00. The summed E-state index contributed by atoms with van der Waals surface area (Å²) in [6.45, 7) is 6.31. The molecule has 1 fully saturated rings. The molecular formula is C23H25NO4S. The van der Waals surface area contributed by atoms with Crippen molar-refractivity contribution in [3.63, 3.8) is 0 Å². The molecule has 6 heteroatoms. The van der Waals surface area contributed by atoms with Gasteiger partial charge < -0.3 is 9.47 Å². The van der Waals surface area contributed by atoms with Gasteiger partial charge in [-0.1, -0.05) is 42.8 Å². The Morgan fingerprint density at radius 2 is 1.93 bits per heavy atom. The van der Waals surface area contributed by atoms with E-state index in [2.05, 4.69) is 6.92 Å². The Labute approximate surface area is 175 Å². The SMILES string of the molecule is CC[C@H](C)Oc1ccc(/C=C2\SC(=O)N(Cc3cccc(C)c3)C2=O)cc1OC. The summed E-state index contributed by atoms with van der Waals surface area (Å²) in [5.41, 5.74) is 2.80. The summed E-state index contributed by atoms with van der Waals surface area (Å²) < 4.78 is 11.3. The third-order valence-corrected chi connectivity index (χ3v) is 5.59. The Balaban J connectivity index is 1.80. The Bertz CT molecular complexity index is 954. The number of imide groups is 1. The lowest BCUT2D eigenvalue weighted by molar-refractivity contribution is -0.123. The second-order valence-electron chi connectivity index (χ2n) is 7.00. The van der Waals surface area contributed by atoms with E-state index in [-0.39, 0.29) is 23.8 Å². The van der Waals surface area contributed by atoms with Gasteiger partial charge in [0.25, 0.3) is 11.1 Å². The maximum Gasteiger partial charge on any atom is 0.293 e. The van der Waals surface area contributed by atoms with Gasteiger partial charge in [-0.25, -0.2) is 0 Å². The number of ether oxygens (including phenoxy) is 2. The molecule has 0 bridgehead atoms. The predicted octanol–water partition coefficient (Wildman–Crippen LogP) is 5.42. The zero-order valence-corrected chi connectivity index (χ0v) is 17.9. The number of hydrogen-bond donors (Lipinski definition) is 0.